The van der Waals surface area contributed by atoms with Crippen molar-refractivity contribution in [1.29, 1.82) is 0 Å². The van der Waals surface area contributed by atoms with Gasteiger partial charge in [0.25, 0.3) is 0 Å². The van der Waals surface area contributed by atoms with Crippen LogP contribution in [0.1, 0.15) is 30.1 Å². The summed E-state index contributed by atoms with van der Waals surface area (Å²) in [5.74, 6) is 2.16. The maximum absolute atomic E-state index is 6.26. The van der Waals surface area contributed by atoms with E-state index in [1.807, 2.05) is 18.7 Å². The zero-order chi connectivity index (χ0) is 13.1. The van der Waals surface area contributed by atoms with Crippen LogP contribution in [0, 0.1) is 6.92 Å². The molecule has 0 bridgehead atoms. The first-order valence-corrected chi connectivity index (χ1v) is 8.07. The fourth-order valence-electron chi connectivity index (χ4n) is 2.28. The van der Waals surface area contributed by atoms with E-state index in [2.05, 4.69) is 40.9 Å². The molecule has 0 spiro atoms. The molecule has 0 aliphatic rings. The second kappa shape index (κ2) is 5.98. The summed E-state index contributed by atoms with van der Waals surface area (Å²) in [4.78, 5) is 4.68. The van der Waals surface area contributed by atoms with Gasteiger partial charge in [-0.2, -0.15) is 11.8 Å². The molecule has 2 nitrogen and oxygen atoms in total. The van der Waals surface area contributed by atoms with Gasteiger partial charge in [0.1, 0.15) is 5.82 Å². The molecule has 98 valence electrons. The van der Waals surface area contributed by atoms with Crippen LogP contribution in [0.2, 0.25) is 0 Å². The topological polar surface area (TPSA) is 17.8 Å². The summed E-state index contributed by atoms with van der Waals surface area (Å²) in [6, 6.07) is 6.26. The Labute approximate surface area is 118 Å². The molecule has 0 saturated heterocycles. The van der Waals surface area contributed by atoms with Gasteiger partial charge in [-0.05, 0) is 43.9 Å². The van der Waals surface area contributed by atoms with Crippen LogP contribution >= 0.6 is 23.4 Å². The second-order valence-corrected chi connectivity index (χ2v) is 6.17. The van der Waals surface area contributed by atoms with Crippen molar-refractivity contribution >= 4 is 34.4 Å². The number of para-hydroxylation sites is 1. The van der Waals surface area contributed by atoms with Gasteiger partial charge in [0.2, 0.25) is 0 Å². The number of imidazole rings is 1. The Kier molecular flexibility index (Phi) is 4.57. The lowest BCUT2D eigenvalue weighted by Gasteiger charge is -2.11. The van der Waals surface area contributed by atoms with E-state index >= 15 is 0 Å². The number of alkyl halides is 1. The molecule has 0 aliphatic heterocycles. The Morgan fingerprint density at radius 2 is 2.22 bits per heavy atom. The maximum atomic E-state index is 6.26. The highest BCUT2D eigenvalue weighted by Gasteiger charge is 2.15. The van der Waals surface area contributed by atoms with Gasteiger partial charge in [-0.15, -0.1) is 11.6 Å². The number of aryl methyl sites for hydroxylation is 2. The number of nitrogens with zero attached hydrogens (tertiary/aromatic N) is 2. The molecule has 1 atom stereocenters. The molecule has 2 rings (SSSR count). The zero-order valence-electron chi connectivity index (χ0n) is 11.1. The molecule has 1 unspecified atom stereocenters. The highest BCUT2D eigenvalue weighted by molar-refractivity contribution is 7.98. The molecule has 0 radical (unpaired) electrons. The van der Waals surface area contributed by atoms with Crippen LogP contribution in [0.4, 0.5) is 0 Å². The van der Waals surface area contributed by atoms with Gasteiger partial charge in [0, 0.05) is 6.54 Å². The first kappa shape index (κ1) is 13.8. The van der Waals surface area contributed by atoms with Crippen molar-refractivity contribution in [3.05, 3.63) is 29.6 Å². The predicted octanol–water partition coefficient (Wildman–Crippen LogP) is 4.40. The first-order valence-electron chi connectivity index (χ1n) is 6.24. The minimum absolute atomic E-state index is 0.0499. The minimum Gasteiger partial charge on any atom is -0.326 e. The Morgan fingerprint density at radius 1 is 1.44 bits per heavy atom. The van der Waals surface area contributed by atoms with E-state index in [4.69, 9.17) is 11.6 Å². The number of hydrogen-bond donors (Lipinski definition) is 0. The molecule has 1 aromatic carbocycles. The highest BCUT2D eigenvalue weighted by Crippen LogP contribution is 2.26. The fourth-order valence-corrected chi connectivity index (χ4v) is 2.86. The summed E-state index contributed by atoms with van der Waals surface area (Å²) in [6.07, 6.45) is 3.29. The van der Waals surface area contributed by atoms with Gasteiger partial charge in [0.05, 0.1) is 16.4 Å². The van der Waals surface area contributed by atoms with Crippen LogP contribution in [-0.4, -0.2) is 21.6 Å². The Morgan fingerprint density at radius 3 is 2.89 bits per heavy atom. The van der Waals surface area contributed by atoms with Crippen molar-refractivity contribution < 1.29 is 0 Å². The van der Waals surface area contributed by atoms with Gasteiger partial charge < -0.3 is 4.57 Å². The monoisotopic (exact) mass is 282 g/mol. The molecule has 0 saturated carbocycles. The van der Waals surface area contributed by atoms with E-state index in [0.717, 1.165) is 24.3 Å². The third-order valence-electron chi connectivity index (χ3n) is 3.08. The Balaban J connectivity index is 2.47. The summed E-state index contributed by atoms with van der Waals surface area (Å²) in [5.41, 5.74) is 3.57. The van der Waals surface area contributed by atoms with Crippen LogP contribution < -0.4 is 0 Å². The van der Waals surface area contributed by atoms with E-state index in [0.29, 0.717) is 0 Å². The third-order valence-corrected chi connectivity index (χ3v) is 3.98. The van der Waals surface area contributed by atoms with Crippen molar-refractivity contribution in [3.63, 3.8) is 0 Å². The van der Waals surface area contributed by atoms with Crippen molar-refractivity contribution in [3.8, 4) is 0 Å². The van der Waals surface area contributed by atoms with Crippen LogP contribution in [-0.2, 0) is 6.54 Å². The lowest BCUT2D eigenvalue weighted by atomic mass is 10.2. The number of thioether (sulfide) groups is 1. The number of rotatable bonds is 5. The molecule has 0 fully saturated rings. The summed E-state index contributed by atoms with van der Waals surface area (Å²) in [6.45, 7) is 5.12. The molecule has 0 aliphatic carbocycles. The molecule has 4 heteroatoms. The van der Waals surface area contributed by atoms with Crippen molar-refractivity contribution in [2.45, 2.75) is 32.2 Å². The SMILES string of the molecule is CSCCCn1c(C(C)Cl)nc2cccc(C)c21. The molecule has 0 N–H and O–H groups in total. The quantitative estimate of drug-likeness (QED) is 0.598. The summed E-state index contributed by atoms with van der Waals surface area (Å²) < 4.78 is 2.29. The maximum Gasteiger partial charge on any atom is 0.127 e. The predicted molar refractivity (Wildman–Crippen MR) is 81.7 cm³/mol. The second-order valence-electron chi connectivity index (χ2n) is 4.53. The van der Waals surface area contributed by atoms with E-state index in [1.165, 1.54) is 16.8 Å². The molecule has 2 aromatic rings. The Bertz CT molecular complexity index is 534. The molecule has 1 aromatic heterocycles. The summed E-state index contributed by atoms with van der Waals surface area (Å²) >= 11 is 8.14. The number of halogens is 1. The van der Waals surface area contributed by atoms with Crippen LogP contribution in [0.15, 0.2) is 18.2 Å². The van der Waals surface area contributed by atoms with Crippen molar-refractivity contribution in [1.82, 2.24) is 9.55 Å². The highest BCUT2D eigenvalue weighted by atomic mass is 35.5. The van der Waals surface area contributed by atoms with E-state index in [-0.39, 0.29) is 5.38 Å². The number of fused-ring (bicyclic) bond motifs is 1. The molecule has 0 amide bonds. The first-order chi connectivity index (χ1) is 8.65. The van der Waals surface area contributed by atoms with Crippen LogP contribution in [0.3, 0.4) is 0 Å². The minimum atomic E-state index is -0.0499. The number of hydrogen-bond acceptors (Lipinski definition) is 2. The molecule has 1 heterocycles. The molecular weight excluding hydrogens is 264 g/mol. The lowest BCUT2D eigenvalue weighted by molar-refractivity contribution is 0.657. The number of benzene rings is 1. The van der Waals surface area contributed by atoms with Gasteiger partial charge >= 0.3 is 0 Å². The van der Waals surface area contributed by atoms with Crippen molar-refractivity contribution in [2.24, 2.45) is 0 Å². The standard InChI is InChI=1S/C14H19ClN2S/c1-10-6-4-7-12-13(10)17(8-5-9-18-3)14(16-12)11(2)15/h4,6-7,11H,5,8-9H2,1-3H3. The molecular formula is C14H19ClN2S. The lowest BCUT2D eigenvalue weighted by Crippen LogP contribution is -2.06. The smallest absolute Gasteiger partial charge is 0.127 e. The average molecular weight is 283 g/mol. The molecule has 18 heavy (non-hydrogen) atoms. The van der Waals surface area contributed by atoms with Gasteiger partial charge in [0.15, 0.2) is 0 Å². The summed E-state index contributed by atoms with van der Waals surface area (Å²) in [7, 11) is 0. The average Bonchev–Trinajstić information content (AvgIpc) is 2.70. The largest absolute Gasteiger partial charge is 0.326 e. The zero-order valence-corrected chi connectivity index (χ0v) is 12.7. The van der Waals surface area contributed by atoms with Gasteiger partial charge in [-0.3, -0.25) is 0 Å². The van der Waals surface area contributed by atoms with Gasteiger partial charge in [-0.1, -0.05) is 12.1 Å². The Hall–Kier alpha value is -0.670. The normalized spacial score (nSPS) is 13.1. The van der Waals surface area contributed by atoms with Crippen LogP contribution in [0.25, 0.3) is 11.0 Å². The van der Waals surface area contributed by atoms with E-state index in [1.54, 1.807) is 0 Å². The van der Waals surface area contributed by atoms with Crippen LogP contribution in [0.5, 0.6) is 0 Å². The van der Waals surface area contributed by atoms with Crippen molar-refractivity contribution in [2.75, 3.05) is 12.0 Å². The summed E-state index contributed by atoms with van der Waals surface area (Å²) in [5, 5.41) is -0.0499. The fraction of sp³-hybridized carbons (Fsp3) is 0.500. The van der Waals surface area contributed by atoms with Gasteiger partial charge in [-0.25, -0.2) is 4.98 Å². The number of aromatic nitrogens is 2. The van der Waals surface area contributed by atoms with E-state index in [9.17, 15) is 0 Å². The van der Waals surface area contributed by atoms with E-state index < -0.39 is 0 Å². The third kappa shape index (κ3) is 2.67.